The Labute approximate surface area is 193 Å². The van der Waals surface area contributed by atoms with Gasteiger partial charge in [-0.3, -0.25) is 14.5 Å². The minimum atomic E-state index is -0.952. The first-order valence-corrected chi connectivity index (χ1v) is 10.7. The number of esters is 1. The van der Waals surface area contributed by atoms with Crippen molar-refractivity contribution in [2.45, 2.75) is 13.0 Å². The summed E-state index contributed by atoms with van der Waals surface area (Å²) in [5.74, 6) is -1.98. The van der Waals surface area contributed by atoms with E-state index in [1.54, 1.807) is 61.5 Å². The smallest absolute Gasteiger partial charge is 0.350 e. The minimum Gasteiger partial charge on any atom is -0.507 e. The Balaban J connectivity index is 1.92. The molecule has 1 unspecified atom stereocenters. The van der Waals surface area contributed by atoms with Crippen LogP contribution in [0.4, 0.5) is 5.13 Å². The molecule has 9 heteroatoms. The number of ketones is 1. The normalized spacial score (nSPS) is 17.3. The van der Waals surface area contributed by atoms with Gasteiger partial charge in [-0.25, -0.2) is 9.78 Å². The van der Waals surface area contributed by atoms with Gasteiger partial charge in [-0.15, -0.1) is 0 Å². The molecule has 0 saturated carbocycles. The number of aromatic nitrogens is 1. The molecule has 1 aliphatic heterocycles. The summed E-state index contributed by atoms with van der Waals surface area (Å²) in [4.78, 5) is 44.2. The quantitative estimate of drug-likeness (QED) is 0.264. The predicted octanol–water partition coefficient (Wildman–Crippen LogP) is 3.87. The molecule has 1 N–H and O–H groups in total. The van der Waals surface area contributed by atoms with E-state index in [9.17, 15) is 19.5 Å². The summed E-state index contributed by atoms with van der Waals surface area (Å²) < 4.78 is 10.0. The molecule has 1 aliphatic rings. The van der Waals surface area contributed by atoms with Crippen LogP contribution in [0.15, 0.2) is 60.2 Å². The molecule has 1 fully saturated rings. The zero-order valence-corrected chi connectivity index (χ0v) is 18.9. The maximum absolute atomic E-state index is 13.2. The number of nitrogens with zero attached hydrogens (tertiary/aromatic N) is 2. The Kier molecular flexibility index (Phi) is 5.97. The van der Waals surface area contributed by atoms with Crippen molar-refractivity contribution in [3.05, 3.63) is 81.9 Å². The summed E-state index contributed by atoms with van der Waals surface area (Å²) in [5.41, 5.74) is 1.28. The molecule has 168 valence electrons. The van der Waals surface area contributed by atoms with Crippen molar-refractivity contribution in [1.29, 1.82) is 0 Å². The number of thiazole rings is 1. The van der Waals surface area contributed by atoms with E-state index in [1.807, 2.05) is 0 Å². The van der Waals surface area contributed by atoms with Gasteiger partial charge >= 0.3 is 11.9 Å². The van der Waals surface area contributed by atoms with Crippen LogP contribution in [0, 0.1) is 6.92 Å². The lowest BCUT2D eigenvalue weighted by molar-refractivity contribution is -0.132. The van der Waals surface area contributed by atoms with Crippen molar-refractivity contribution in [1.82, 2.24) is 4.98 Å². The second-order valence-corrected chi connectivity index (χ2v) is 8.19. The van der Waals surface area contributed by atoms with Crippen LogP contribution >= 0.6 is 11.3 Å². The van der Waals surface area contributed by atoms with Crippen LogP contribution in [0.2, 0.25) is 0 Å². The molecule has 0 radical (unpaired) electrons. The molecular weight excluding hydrogens is 444 g/mol. The zero-order valence-electron chi connectivity index (χ0n) is 18.1. The maximum Gasteiger partial charge on any atom is 0.350 e. The number of carbonyl (C=O) groups excluding carboxylic acids is 3. The van der Waals surface area contributed by atoms with E-state index < -0.39 is 23.7 Å². The topological polar surface area (TPSA) is 106 Å². The Morgan fingerprint density at radius 2 is 1.73 bits per heavy atom. The number of anilines is 1. The van der Waals surface area contributed by atoms with Gasteiger partial charge in [0.05, 0.1) is 31.5 Å². The number of amides is 1. The van der Waals surface area contributed by atoms with Gasteiger partial charge in [0.25, 0.3) is 5.78 Å². The molecular formula is C24H20N2O6S. The molecule has 0 spiro atoms. The Hall–Kier alpha value is -3.98. The second-order valence-electron chi connectivity index (χ2n) is 7.21. The Morgan fingerprint density at radius 1 is 1.06 bits per heavy atom. The van der Waals surface area contributed by atoms with Gasteiger partial charge in [-0.05, 0) is 24.6 Å². The maximum atomic E-state index is 13.2. The number of methoxy groups -OCH3 is 2. The van der Waals surface area contributed by atoms with E-state index in [2.05, 4.69) is 4.98 Å². The molecule has 4 rings (SSSR count). The summed E-state index contributed by atoms with van der Waals surface area (Å²) in [5, 5.41) is 11.2. The van der Waals surface area contributed by atoms with Gasteiger partial charge in [-0.2, -0.15) is 0 Å². The first-order chi connectivity index (χ1) is 15.9. The lowest BCUT2D eigenvalue weighted by Crippen LogP contribution is -2.29. The van der Waals surface area contributed by atoms with Crippen molar-refractivity contribution < 1.29 is 29.0 Å². The van der Waals surface area contributed by atoms with E-state index >= 15 is 0 Å². The van der Waals surface area contributed by atoms with Crippen molar-refractivity contribution in [2.24, 2.45) is 0 Å². The van der Waals surface area contributed by atoms with Crippen molar-refractivity contribution in [3.63, 3.8) is 0 Å². The number of carbonyl (C=O) groups is 3. The van der Waals surface area contributed by atoms with Crippen LogP contribution in [0.1, 0.15) is 32.5 Å². The summed E-state index contributed by atoms with van der Waals surface area (Å²) >= 11 is 0.949. The monoisotopic (exact) mass is 464 g/mol. The van der Waals surface area contributed by atoms with Crippen molar-refractivity contribution in [3.8, 4) is 5.75 Å². The number of ether oxygens (including phenoxy) is 2. The van der Waals surface area contributed by atoms with E-state index in [1.165, 1.54) is 19.1 Å². The van der Waals surface area contributed by atoms with Crippen LogP contribution in [-0.2, 0) is 14.3 Å². The number of Topliss-reactive ketones (excluding diaryl/α,β-unsaturated/α-hetero) is 1. The number of aryl methyl sites for hydroxylation is 1. The highest BCUT2D eigenvalue weighted by atomic mass is 32.1. The number of rotatable bonds is 5. The number of aliphatic hydroxyl groups is 1. The fourth-order valence-electron chi connectivity index (χ4n) is 3.65. The highest BCUT2D eigenvalue weighted by Crippen LogP contribution is 2.44. The molecule has 1 atom stereocenters. The van der Waals surface area contributed by atoms with Crippen LogP contribution in [0.3, 0.4) is 0 Å². The number of hydrogen-bond donors (Lipinski definition) is 1. The Bertz CT molecular complexity index is 1260. The van der Waals surface area contributed by atoms with Crippen LogP contribution in [0.5, 0.6) is 5.75 Å². The van der Waals surface area contributed by atoms with E-state index in [0.717, 1.165) is 11.3 Å². The van der Waals surface area contributed by atoms with E-state index in [0.29, 0.717) is 22.6 Å². The van der Waals surface area contributed by atoms with Gasteiger partial charge in [0.1, 0.15) is 16.4 Å². The third kappa shape index (κ3) is 3.87. The van der Waals surface area contributed by atoms with Gasteiger partial charge in [0.2, 0.25) is 0 Å². The van der Waals surface area contributed by atoms with Crippen LogP contribution < -0.4 is 9.64 Å². The summed E-state index contributed by atoms with van der Waals surface area (Å²) in [6, 6.07) is 14.4. The van der Waals surface area contributed by atoms with E-state index in [-0.39, 0.29) is 21.3 Å². The highest BCUT2D eigenvalue weighted by Gasteiger charge is 2.48. The highest BCUT2D eigenvalue weighted by molar-refractivity contribution is 7.17. The predicted molar refractivity (Wildman–Crippen MR) is 122 cm³/mol. The third-order valence-electron chi connectivity index (χ3n) is 5.29. The van der Waals surface area contributed by atoms with E-state index in [4.69, 9.17) is 9.47 Å². The second kappa shape index (κ2) is 8.87. The molecule has 1 aromatic heterocycles. The van der Waals surface area contributed by atoms with Crippen LogP contribution in [-0.4, -0.2) is 42.0 Å². The number of benzene rings is 2. The average Bonchev–Trinajstić information content (AvgIpc) is 3.35. The third-order valence-corrected chi connectivity index (χ3v) is 6.42. The minimum absolute atomic E-state index is 0.0659. The molecule has 0 bridgehead atoms. The SMILES string of the molecule is COC(=O)c1sc(N2C(=O)C(=O)C(=C(O)c3ccccc3)C2c2ccc(OC)cc2)nc1C. The fraction of sp³-hybridized carbons (Fsp3) is 0.167. The fourth-order valence-corrected chi connectivity index (χ4v) is 4.66. The molecule has 0 aliphatic carbocycles. The van der Waals surface area contributed by atoms with Crippen molar-refractivity contribution in [2.75, 3.05) is 19.1 Å². The molecule has 3 aromatic rings. The summed E-state index contributed by atoms with van der Waals surface area (Å²) in [6.45, 7) is 1.62. The first-order valence-electron chi connectivity index (χ1n) is 9.93. The van der Waals surface area contributed by atoms with Gasteiger partial charge in [0, 0.05) is 5.56 Å². The van der Waals surface area contributed by atoms with Gasteiger partial charge < -0.3 is 14.6 Å². The summed E-state index contributed by atoms with van der Waals surface area (Å²) in [7, 11) is 2.79. The summed E-state index contributed by atoms with van der Waals surface area (Å²) in [6.07, 6.45) is 0. The first kappa shape index (κ1) is 22.2. The van der Waals surface area contributed by atoms with Crippen LogP contribution in [0.25, 0.3) is 5.76 Å². The molecule has 1 amide bonds. The lowest BCUT2D eigenvalue weighted by Gasteiger charge is -2.23. The molecule has 2 heterocycles. The lowest BCUT2D eigenvalue weighted by atomic mass is 9.95. The average molecular weight is 464 g/mol. The number of hydrogen-bond acceptors (Lipinski definition) is 8. The molecule has 1 saturated heterocycles. The van der Waals surface area contributed by atoms with Gasteiger partial charge in [0.15, 0.2) is 5.13 Å². The van der Waals surface area contributed by atoms with Crippen molar-refractivity contribution >= 4 is 39.9 Å². The molecule has 8 nitrogen and oxygen atoms in total. The zero-order chi connectivity index (χ0) is 23.7. The largest absolute Gasteiger partial charge is 0.507 e. The van der Waals surface area contributed by atoms with Gasteiger partial charge in [-0.1, -0.05) is 53.8 Å². The molecule has 33 heavy (non-hydrogen) atoms. The molecule has 2 aromatic carbocycles. The Morgan fingerprint density at radius 3 is 2.33 bits per heavy atom. The number of aliphatic hydroxyl groups excluding tert-OH is 1. The standard InChI is InChI=1S/C24H20N2O6S/c1-13-21(23(30)32-3)33-24(25-13)26-18(14-9-11-16(31-2)12-10-14)17(20(28)22(26)29)19(27)15-7-5-4-6-8-15/h4-12,18,27H,1-3H3.